The topological polar surface area (TPSA) is 19.0 Å². The molecule has 144 valence electrons. The van der Waals surface area contributed by atoms with Crippen molar-refractivity contribution in [3.63, 3.8) is 0 Å². The van der Waals surface area contributed by atoms with E-state index in [-0.39, 0.29) is 5.66 Å². The molecule has 4 heteroatoms. The van der Waals surface area contributed by atoms with Crippen LogP contribution in [0.2, 0.25) is 0 Å². The minimum atomic E-state index is 0.0393. The maximum Gasteiger partial charge on any atom is 0.119 e. The molecular weight excluding hydrogens is 346 g/mol. The summed E-state index contributed by atoms with van der Waals surface area (Å²) in [6.07, 6.45) is 8.40. The summed E-state index contributed by atoms with van der Waals surface area (Å²) in [6.45, 7) is 3.72. The summed E-state index contributed by atoms with van der Waals surface area (Å²) in [5.41, 5.74) is 4.19. The van der Waals surface area contributed by atoms with E-state index in [1.165, 1.54) is 36.1 Å². The number of hydrazine groups is 1. The highest BCUT2D eigenvalue weighted by Gasteiger charge is 2.63. The number of para-hydroxylation sites is 1. The van der Waals surface area contributed by atoms with Gasteiger partial charge in [0.2, 0.25) is 0 Å². The summed E-state index contributed by atoms with van der Waals surface area (Å²) in [7, 11) is 0. The van der Waals surface area contributed by atoms with Crippen molar-refractivity contribution in [2.45, 2.75) is 31.0 Å². The number of ether oxygens (including phenoxy) is 1. The largest absolute Gasteiger partial charge is 0.379 e. The van der Waals surface area contributed by atoms with E-state index < -0.39 is 0 Å². The Hall–Kier alpha value is -2.30. The molecular formula is C24H27N3O. The Bertz CT molecular complexity index is 892. The number of rotatable bonds is 2. The average molecular weight is 374 g/mol. The number of fused-ring (bicyclic) bond motifs is 5. The quantitative estimate of drug-likeness (QED) is 0.782. The van der Waals surface area contributed by atoms with Crippen LogP contribution in [-0.4, -0.2) is 41.9 Å². The Kier molecular flexibility index (Phi) is 3.78. The van der Waals surface area contributed by atoms with E-state index >= 15 is 0 Å². The Morgan fingerprint density at radius 2 is 1.71 bits per heavy atom. The van der Waals surface area contributed by atoms with Crippen molar-refractivity contribution in [2.75, 3.05) is 31.3 Å². The van der Waals surface area contributed by atoms with Crippen molar-refractivity contribution in [1.29, 1.82) is 0 Å². The molecule has 2 aromatic carbocycles. The third-order valence-electron chi connectivity index (χ3n) is 7.20. The first-order chi connectivity index (χ1) is 13.9. The highest BCUT2D eigenvalue weighted by atomic mass is 16.5. The monoisotopic (exact) mass is 373 g/mol. The molecule has 0 radical (unpaired) electrons. The van der Waals surface area contributed by atoms with Gasteiger partial charge in [-0.25, -0.2) is 0 Å². The zero-order valence-corrected chi connectivity index (χ0v) is 16.2. The predicted molar refractivity (Wildman–Crippen MR) is 111 cm³/mol. The Morgan fingerprint density at radius 3 is 2.57 bits per heavy atom. The van der Waals surface area contributed by atoms with Gasteiger partial charge in [-0.3, -0.25) is 14.9 Å². The second-order valence-electron chi connectivity index (χ2n) is 8.39. The van der Waals surface area contributed by atoms with E-state index in [1.807, 2.05) is 0 Å². The van der Waals surface area contributed by atoms with Crippen molar-refractivity contribution in [1.82, 2.24) is 9.91 Å². The van der Waals surface area contributed by atoms with Crippen LogP contribution < -0.4 is 5.01 Å². The molecule has 4 nitrogen and oxygen atoms in total. The Balaban J connectivity index is 1.55. The van der Waals surface area contributed by atoms with Crippen LogP contribution >= 0.6 is 0 Å². The first-order valence-electron chi connectivity index (χ1n) is 10.6. The molecule has 4 aliphatic rings. The van der Waals surface area contributed by atoms with Gasteiger partial charge in [-0.1, -0.05) is 42.5 Å². The van der Waals surface area contributed by atoms with E-state index in [9.17, 15) is 0 Å². The maximum absolute atomic E-state index is 5.73. The lowest BCUT2D eigenvalue weighted by Crippen LogP contribution is -2.63. The summed E-state index contributed by atoms with van der Waals surface area (Å²) >= 11 is 0. The molecule has 2 aromatic rings. The van der Waals surface area contributed by atoms with Crippen molar-refractivity contribution in [3.05, 3.63) is 71.9 Å². The SMILES string of the molecule is C1=CN2[C@@H](c3ccccc31)[C@@H]1CCC[C@]1(N1CCOCC1)N2c1ccccc1. The van der Waals surface area contributed by atoms with Gasteiger partial charge in [0.05, 0.1) is 24.9 Å². The lowest BCUT2D eigenvalue weighted by molar-refractivity contribution is -0.0322. The first-order valence-corrected chi connectivity index (χ1v) is 10.6. The molecule has 0 bridgehead atoms. The zero-order valence-electron chi connectivity index (χ0n) is 16.2. The number of nitrogens with zero attached hydrogens (tertiary/aromatic N) is 3. The first kappa shape index (κ1) is 16.6. The van der Waals surface area contributed by atoms with E-state index in [1.54, 1.807) is 0 Å². The Labute approximate surface area is 167 Å². The number of hydrogen-bond donors (Lipinski definition) is 0. The summed E-state index contributed by atoms with van der Waals surface area (Å²) in [4.78, 5) is 2.73. The normalized spacial score (nSPS) is 31.6. The van der Waals surface area contributed by atoms with Crippen molar-refractivity contribution in [2.24, 2.45) is 5.92 Å². The van der Waals surface area contributed by atoms with Gasteiger partial charge in [-0.2, -0.15) is 0 Å². The fraction of sp³-hybridized carbons (Fsp3) is 0.417. The average Bonchev–Trinajstić information content (AvgIpc) is 3.31. The third-order valence-corrected chi connectivity index (χ3v) is 7.20. The lowest BCUT2D eigenvalue weighted by atomic mass is 9.83. The van der Waals surface area contributed by atoms with Gasteiger partial charge in [0, 0.05) is 25.2 Å². The molecule has 1 aliphatic carbocycles. The summed E-state index contributed by atoms with van der Waals surface area (Å²) in [5, 5.41) is 5.17. The van der Waals surface area contributed by atoms with Gasteiger partial charge >= 0.3 is 0 Å². The summed E-state index contributed by atoms with van der Waals surface area (Å²) in [6, 6.07) is 20.4. The van der Waals surface area contributed by atoms with Crippen LogP contribution in [0.5, 0.6) is 0 Å². The minimum Gasteiger partial charge on any atom is -0.379 e. The molecule has 0 N–H and O–H groups in total. The maximum atomic E-state index is 5.73. The van der Waals surface area contributed by atoms with Crippen LogP contribution in [-0.2, 0) is 4.74 Å². The molecule has 2 saturated heterocycles. The minimum absolute atomic E-state index is 0.0393. The standard InChI is InChI=1S/C24H27N3O/c1-2-8-20(9-3-1)27-24(25-15-17-28-18-16-25)13-6-11-22(24)23-21-10-5-4-7-19(21)12-14-26(23)27/h1-5,7-10,12,14,22-23H,6,11,13,15-18H2/t22-,23-,24-/m0/s1. The Morgan fingerprint density at radius 1 is 0.929 bits per heavy atom. The smallest absolute Gasteiger partial charge is 0.119 e. The fourth-order valence-electron chi connectivity index (χ4n) is 6.19. The molecule has 0 amide bonds. The van der Waals surface area contributed by atoms with E-state index in [2.05, 4.69) is 81.8 Å². The molecule has 3 fully saturated rings. The summed E-state index contributed by atoms with van der Waals surface area (Å²) < 4.78 is 5.73. The highest BCUT2D eigenvalue weighted by molar-refractivity contribution is 5.61. The van der Waals surface area contributed by atoms with Gasteiger partial charge in [0.1, 0.15) is 5.66 Å². The highest BCUT2D eigenvalue weighted by Crippen LogP contribution is 2.59. The lowest BCUT2D eigenvalue weighted by Gasteiger charge is -2.50. The number of benzene rings is 2. The van der Waals surface area contributed by atoms with Crippen molar-refractivity contribution >= 4 is 11.8 Å². The molecule has 0 spiro atoms. The molecule has 0 unspecified atom stereocenters. The molecule has 0 aromatic heterocycles. The van der Waals surface area contributed by atoms with Gasteiger partial charge < -0.3 is 4.74 Å². The molecule has 1 saturated carbocycles. The number of anilines is 1. The van der Waals surface area contributed by atoms with Crippen LogP contribution in [0.4, 0.5) is 5.69 Å². The van der Waals surface area contributed by atoms with Crippen LogP contribution in [0, 0.1) is 5.92 Å². The van der Waals surface area contributed by atoms with Crippen LogP contribution in [0.15, 0.2) is 60.8 Å². The van der Waals surface area contributed by atoms with E-state index in [0.717, 1.165) is 26.3 Å². The predicted octanol–water partition coefficient (Wildman–Crippen LogP) is 4.28. The van der Waals surface area contributed by atoms with Crippen LogP contribution in [0.1, 0.15) is 36.4 Å². The van der Waals surface area contributed by atoms with Crippen molar-refractivity contribution in [3.8, 4) is 0 Å². The molecule has 3 aliphatic heterocycles. The van der Waals surface area contributed by atoms with Gasteiger partial charge in [-0.15, -0.1) is 0 Å². The molecule has 3 atom stereocenters. The van der Waals surface area contributed by atoms with Crippen molar-refractivity contribution < 1.29 is 4.74 Å². The molecule has 3 heterocycles. The zero-order chi connectivity index (χ0) is 18.6. The number of hydrogen-bond acceptors (Lipinski definition) is 4. The van der Waals surface area contributed by atoms with E-state index in [4.69, 9.17) is 4.74 Å². The third kappa shape index (κ3) is 2.19. The fourth-order valence-corrected chi connectivity index (χ4v) is 6.19. The van der Waals surface area contributed by atoms with Gasteiger partial charge in [0.25, 0.3) is 0 Å². The van der Waals surface area contributed by atoms with Crippen LogP contribution in [0.3, 0.4) is 0 Å². The van der Waals surface area contributed by atoms with Gasteiger partial charge in [0.15, 0.2) is 0 Å². The molecule has 28 heavy (non-hydrogen) atoms. The second kappa shape index (κ2) is 6.36. The van der Waals surface area contributed by atoms with E-state index in [0.29, 0.717) is 12.0 Å². The number of morpholine rings is 1. The summed E-state index contributed by atoms with van der Waals surface area (Å²) in [5.74, 6) is 0.594. The van der Waals surface area contributed by atoms with Gasteiger partial charge in [-0.05, 0) is 48.6 Å². The van der Waals surface area contributed by atoms with Crippen LogP contribution in [0.25, 0.3) is 6.08 Å². The molecule has 6 rings (SSSR count). The second-order valence-corrected chi connectivity index (χ2v) is 8.39.